The Morgan fingerprint density at radius 3 is 2.36 bits per heavy atom. The molecule has 0 aromatic heterocycles. The largest absolute Gasteiger partial charge is 0.394 e. The Balaban J connectivity index is 2.69. The monoisotopic (exact) mass is 164 g/mol. The first-order valence-electron chi connectivity index (χ1n) is 3.76. The second-order valence-electron chi connectivity index (χ2n) is 1.85. The Morgan fingerprint density at radius 2 is 1.73 bits per heavy atom. The van der Waals surface area contributed by atoms with Crippen LogP contribution in [0.2, 0.25) is 0 Å². The van der Waals surface area contributed by atoms with Crippen LogP contribution in [0.1, 0.15) is 6.92 Å². The molecule has 0 rings (SSSR count). The number of rotatable bonds is 8. The normalized spacial score (nSPS) is 10.4. The van der Waals surface area contributed by atoms with Crippen LogP contribution in [-0.4, -0.2) is 44.9 Å². The molecule has 0 spiro atoms. The van der Waals surface area contributed by atoms with Crippen LogP contribution in [0, 0.1) is 0 Å². The fourth-order valence-electron chi connectivity index (χ4n) is 0.486. The first kappa shape index (κ1) is 10.8. The number of hydrogen-bond acceptors (Lipinski definition) is 4. The van der Waals surface area contributed by atoms with E-state index in [0.717, 1.165) is 0 Å². The molecule has 68 valence electrons. The van der Waals surface area contributed by atoms with Crippen molar-refractivity contribution in [2.24, 2.45) is 0 Å². The van der Waals surface area contributed by atoms with Crippen LogP contribution < -0.4 is 0 Å². The van der Waals surface area contributed by atoms with E-state index in [1.54, 1.807) is 0 Å². The molecule has 0 aliphatic rings. The molecule has 0 atom stereocenters. The highest BCUT2D eigenvalue weighted by molar-refractivity contribution is 4.27. The van der Waals surface area contributed by atoms with E-state index < -0.39 is 0 Å². The molecule has 0 aromatic rings. The summed E-state index contributed by atoms with van der Waals surface area (Å²) >= 11 is 0. The zero-order chi connectivity index (χ0) is 8.36. The standard InChI is InChI=1S/C7H16O4/c1-2-9-7-11-6-5-10-4-3-8/h8H,2-7H2,1H3. The van der Waals surface area contributed by atoms with Gasteiger partial charge in [-0.2, -0.15) is 0 Å². The average Bonchev–Trinajstić information content (AvgIpc) is 2.03. The lowest BCUT2D eigenvalue weighted by molar-refractivity contribution is -0.0673. The molecular formula is C7H16O4. The van der Waals surface area contributed by atoms with E-state index in [0.29, 0.717) is 33.2 Å². The van der Waals surface area contributed by atoms with E-state index in [-0.39, 0.29) is 6.61 Å². The molecule has 0 fully saturated rings. The zero-order valence-electron chi connectivity index (χ0n) is 6.91. The quantitative estimate of drug-likeness (QED) is 0.405. The van der Waals surface area contributed by atoms with Crippen molar-refractivity contribution >= 4 is 0 Å². The van der Waals surface area contributed by atoms with Crippen molar-refractivity contribution in [3.8, 4) is 0 Å². The first-order chi connectivity index (χ1) is 5.41. The Kier molecular flexibility index (Phi) is 9.70. The van der Waals surface area contributed by atoms with Gasteiger partial charge in [0.2, 0.25) is 0 Å². The third kappa shape index (κ3) is 9.84. The Bertz CT molecular complexity index is 59.5. The van der Waals surface area contributed by atoms with Crippen LogP contribution >= 0.6 is 0 Å². The molecule has 0 saturated heterocycles. The lowest BCUT2D eigenvalue weighted by Gasteiger charge is -2.03. The van der Waals surface area contributed by atoms with Gasteiger partial charge in [-0.1, -0.05) is 0 Å². The highest BCUT2D eigenvalue weighted by Gasteiger charge is 1.87. The fourth-order valence-corrected chi connectivity index (χ4v) is 0.486. The van der Waals surface area contributed by atoms with Crippen LogP contribution in [0.5, 0.6) is 0 Å². The summed E-state index contributed by atoms with van der Waals surface area (Å²) in [6.45, 7) is 4.35. The molecular weight excluding hydrogens is 148 g/mol. The Labute approximate surface area is 67.1 Å². The lowest BCUT2D eigenvalue weighted by Crippen LogP contribution is -2.09. The summed E-state index contributed by atoms with van der Waals surface area (Å²) in [5.74, 6) is 0. The zero-order valence-corrected chi connectivity index (χ0v) is 6.91. The van der Waals surface area contributed by atoms with Gasteiger partial charge in [0, 0.05) is 6.61 Å². The van der Waals surface area contributed by atoms with E-state index >= 15 is 0 Å². The van der Waals surface area contributed by atoms with Gasteiger partial charge in [-0.3, -0.25) is 0 Å². The van der Waals surface area contributed by atoms with Crippen LogP contribution in [0.3, 0.4) is 0 Å². The van der Waals surface area contributed by atoms with E-state index in [1.807, 2.05) is 6.92 Å². The highest BCUT2D eigenvalue weighted by Crippen LogP contribution is 1.79. The van der Waals surface area contributed by atoms with E-state index in [2.05, 4.69) is 0 Å². The van der Waals surface area contributed by atoms with Crippen molar-refractivity contribution in [1.29, 1.82) is 0 Å². The first-order valence-corrected chi connectivity index (χ1v) is 3.76. The second-order valence-corrected chi connectivity index (χ2v) is 1.85. The highest BCUT2D eigenvalue weighted by atomic mass is 16.7. The van der Waals surface area contributed by atoms with Gasteiger partial charge in [0.1, 0.15) is 6.79 Å². The molecule has 11 heavy (non-hydrogen) atoms. The van der Waals surface area contributed by atoms with Gasteiger partial charge in [-0.25, -0.2) is 0 Å². The van der Waals surface area contributed by atoms with Gasteiger partial charge in [-0.05, 0) is 6.92 Å². The number of aliphatic hydroxyl groups is 1. The molecule has 0 amide bonds. The molecule has 0 aliphatic carbocycles. The van der Waals surface area contributed by atoms with E-state index in [1.165, 1.54) is 0 Å². The molecule has 4 heteroatoms. The molecule has 0 radical (unpaired) electrons. The topological polar surface area (TPSA) is 47.9 Å². The minimum atomic E-state index is 0.0610. The van der Waals surface area contributed by atoms with Crippen molar-refractivity contribution < 1.29 is 19.3 Å². The van der Waals surface area contributed by atoms with E-state index in [4.69, 9.17) is 19.3 Å². The van der Waals surface area contributed by atoms with Gasteiger partial charge < -0.3 is 19.3 Å². The third-order valence-electron chi connectivity index (χ3n) is 0.978. The predicted molar refractivity (Wildman–Crippen MR) is 40.3 cm³/mol. The maximum absolute atomic E-state index is 8.32. The Morgan fingerprint density at radius 1 is 1.00 bits per heavy atom. The van der Waals surface area contributed by atoms with Crippen molar-refractivity contribution in [2.45, 2.75) is 6.92 Å². The Hall–Kier alpha value is -0.160. The van der Waals surface area contributed by atoms with Crippen LogP contribution in [0.25, 0.3) is 0 Å². The van der Waals surface area contributed by atoms with Crippen molar-refractivity contribution in [3.05, 3.63) is 0 Å². The molecule has 4 nitrogen and oxygen atoms in total. The molecule has 0 aliphatic heterocycles. The van der Waals surface area contributed by atoms with Crippen LogP contribution in [-0.2, 0) is 14.2 Å². The molecule has 0 aromatic carbocycles. The SMILES string of the molecule is CCOCOCCOCCO. The molecule has 0 heterocycles. The van der Waals surface area contributed by atoms with Crippen molar-refractivity contribution in [1.82, 2.24) is 0 Å². The van der Waals surface area contributed by atoms with Gasteiger partial charge in [0.05, 0.1) is 26.4 Å². The molecule has 0 saturated carbocycles. The summed E-state index contributed by atoms with van der Waals surface area (Å²) in [5, 5.41) is 8.32. The fraction of sp³-hybridized carbons (Fsp3) is 1.00. The minimum Gasteiger partial charge on any atom is -0.394 e. The number of ether oxygens (including phenoxy) is 3. The summed E-state index contributed by atoms with van der Waals surface area (Å²) in [4.78, 5) is 0. The van der Waals surface area contributed by atoms with E-state index in [9.17, 15) is 0 Å². The average molecular weight is 164 g/mol. The predicted octanol–water partition coefficient (Wildman–Crippen LogP) is 0.00590. The second kappa shape index (κ2) is 9.84. The van der Waals surface area contributed by atoms with Gasteiger partial charge in [0.15, 0.2) is 0 Å². The van der Waals surface area contributed by atoms with Gasteiger partial charge >= 0.3 is 0 Å². The van der Waals surface area contributed by atoms with Gasteiger partial charge in [0.25, 0.3) is 0 Å². The van der Waals surface area contributed by atoms with Crippen molar-refractivity contribution in [2.75, 3.05) is 39.8 Å². The molecule has 1 N–H and O–H groups in total. The van der Waals surface area contributed by atoms with Gasteiger partial charge in [-0.15, -0.1) is 0 Å². The summed E-state index contributed by atoms with van der Waals surface area (Å²) in [6, 6.07) is 0. The van der Waals surface area contributed by atoms with Crippen LogP contribution in [0.4, 0.5) is 0 Å². The number of aliphatic hydroxyl groups excluding tert-OH is 1. The summed E-state index contributed by atoms with van der Waals surface area (Å²) in [6.07, 6.45) is 0. The smallest absolute Gasteiger partial charge is 0.146 e. The number of hydrogen-bond donors (Lipinski definition) is 1. The molecule has 0 unspecified atom stereocenters. The maximum Gasteiger partial charge on any atom is 0.146 e. The molecule has 0 bridgehead atoms. The summed E-state index contributed by atoms with van der Waals surface area (Å²) in [5.41, 5.74) is 0. The third-order valence-corrected chi connectivity index (χ3v) is 0.978. The van der Waals surface area contributed by atoms with Crippen molar-refractivity contribution in [3.63, 3.8) is 0 Å². The minimum absolute atomic E-state index is 0.0610. The van der Waals surface area contributed by atoms with Crippen LogP contribution in [0.15, 0.2) is 0 Å². The lowest BCUT2D eigenvalue weighted by atomic mass is 10.7. The maximum atomic E-state index is 8.32. The summed E-state index contributed by atoms with van der Waals surface area (Å²) in [7, 11) is 0. The summed E-state index contributed by atoms with van der Waals surface area (Å²) < 4.78 is 14.8.